The number of benzene rings is 2. The first-order chi connectivity index (χ1) is 15.7. The molecule has 32 heavy (non-hydrogen) atoms. The Bertz CT molecular complexity index is 1100. The Kier molecular flexibility index (Phi) is 5.89. The van der Waals surface area contributed by atoms with Crippen molar-refractivity contribution >= 4 is 5.91 Å². The number of aromatic nitrogens is 1. The van der Waals surface area contributed by atoms with Crippen LogP contribution < -0.4 is 9.47 Å². The van der Waals surface area contributed by atoms with Gasteiger partial charge in [0, 0.05) is 30.0 Å². The number of hydrogen-bond acceptors (Lipinski definition) is 3. The first kappa shape index (κ1) is 20.7. The van der Waals surface area contributed by atoms with E-state index in [0.717, 1.165) is 25.1 Å². The lowest BCUT2D eigenvalue weighted by atomic mass is 9.93. The van der Waals surface area contributed by atoms with Crippen molar-refractivity contribution in [2.75, 3.05) is 6.79 Å². The van der Waals surface area contributed by atoms with Crippen LogP contribution in [0.5, 0.6) is 11.5 Å². The van der Waals surface area contributed by atoms with Gasteiger partial charge in [0.15, 0.2) is 11.5 Å². The summed E-state index contributed by atoms with van der Waals surface area (Å²) in [6.07, 6.45) is 7.86. The molecule has 1 aliphatic heterocycles. The lowest BCUT2D eigenvalue weighted by Gasteiger charge is -2.35. The zero-order chi connectivity index (χ0) is 21.9. The van der Waals surface area contributed by atoms with Gasteiger partial charge in [-0.15, -0.1) is 0 Å². The van der Waals surface area contributed by atoms with E-state index in [1.54, 1.807) is 0 Å². The van der Waals surface area contributed by atoms with Crippen molar-refractivity contribution < 1.29 is 14.3 Å². The van der Waals surface area contributed by atoms with Crippen LogP contribution in [0.15, 0.2) is 60.8 Å². The van der Waals surface area contributed by atoms with Crippen LogP contribution in [-0.2, 0) is 13.1 Å². The SMILES string of the molecule is Cc1ccccc1Cn1cccc1CN(C(=O)c1ccc2c(c1)OCO2)C1CCCCC1. The van der Waals surface area contributed by atoms with Crippen LogP contribution in [0.25, 0.3) is 0 Å². The molecule has 1 saturated carbocycles. The summed E-state index contributed by atoms with van der Waals surface area (Å²) < 4.78 is 13.2. The molecule has 5 heteroatoms. The van der Waals surface area contributed by atoms with Crippen LogP contribution in [0.2, 0.25) is 0 Å². The summed E-state index contributed by atoms with van der Waals surface area (Å²) in [4.78, 5) is 15.8. The van der Waals surface area contributed by atoms with Crippen molar-refractivity contribution in [2.45, 2.75) is 58.2 Å². The van der Waals surface area contributed by atoms with E-state index in [9.17, 15) is 4.79 Å². The van der Waals surface area contributed by atoms with E-state index in [0.29, 0.717) is 23.6 Å². The fraction of sp³-hybridized carbons (Fsp3) is 0.370. The highest BCUT2D eigenvalue weighted by atomic mass is 16.7. The molecule has 0 radical (unpaired) electrons. The smallest absolute Gasteiger partial charge is 0.254 e. The predicted octanol–water partition coefficient (Wildman–Crippen LogP) is 5.55. The zero-order valence-electron chi connectivity index (χ0n) is 18.6. The van der Waals surface area contributed by atoms with Gasteiger partial charge in [-0.3, -0.25) is 4.79 Å². The number of nitrogens with zero attached hydrogens (tertiary/aromatic N) is 2. The molecule has 1 amide bonds. The average Bonchev–Trinajstić information content (AvgIpc) is 3.48. The third-order valence-electron chi connectivity index (χ3n) is 6.75. The van der Waals surface area contributed by atoms with Crippen LogP contribution >= 0.6 is 0 Å². The molecule has 1 aliphatic carbocycles. The van der Waals surface area contributed by atoms with Crippen molar-refractivity contribution in [2.24, 2.45) is 0 Å². The van der Waals surface area contributed by atoms with Crippen molar-refractivity contribution in [3.63, 3.8) is 0 Å². The second kappa shape index (κ2) is 9.11. The van der Waals surface area contributed by atoms with Gasteiger partial charge in [0.1, 0.15) is 0 Å². The number of rotatable bonds is 6. The van der Waals surface area contributed by atoms with E-state index >= 15 is 0 Å². The molecule has 0 unspecified atom stereocenters. The minimum atomic E-state index is 0.0684. The molecule has 2 heterocycles. The highest BCUT2D eigenvalue weighted by Gasteiger charge is 2.28. The first-order valence-corrected chi connectivity index (χ1v) is 11.6. The van der Waals surface area contributed by atoms with Gasteiger partial charge in [-0.1, -0.05) is 43.5 Å². The monoisotopic (exact) mass is 430 g/mol. The van der Waals surface area contributed by atoms with E-state index in [4.69, 9.17) is 9.47 Å². The van der Waals surface area contributed by atoms with Gasteiger partial charge < -0.3 is 18.9 Å². The van der Waals surface area contributed by atoms with Gasteiger partial charge in [0.05, 0.1) is 6.54 Å². The molecule has 0 spiro atoms. The highest BCUT2D eigenvalue weighted by Crippen LogP contribution is 2.34. The minimum Gasteiger partial charge on any atom is -0.454 e. The Morgan fingerprint density at radius 1 is 1.00 bits per heavy atom. The maximum absolute atomic E-state index is 13.7. The summed E-state index contributed by atoms with van der Waals surface area (Å²) in [6, 6.07) is 18.5. The van der Waals surface area contributed by atoms with Crippen molar-refractivity contribution in [3.05, 3.63) is 83.2 Å². The largest absolute Gasteiger partial charge is 0.454 e. The molecule has 3 aromatic rings. The number of ether oxygens (including phenoxy) is 2. The van der Waals surface area contributed by atoms with E-state index in [2.05, 4.69) is 59.0 Å². The summed E-state index contributed by atoms with van der Waals surface area (Å²) in [7, 11) is 0. The first-order valence-electron chi connectivity index (χ1n) is 11.6. The maximum Gasteiger partial charge on any atom is 0.254 e. The Balaban J connectivity index is 1.42. The van der Waals surface area contributed by atoms with Crippen molar-refractivity contribution in [1.29, 1.82) is 0 Å². The third kappa shape index (κ3) is 4.24. The lowest BCUT2D eigenvalue weighted by molar-refractivity contribution is 0.0608. The average molecular weight is 431 g/mol. The van der Waals surface area contributed by atoms with E-state index in [-0.39, 0.29) is 18.7 Å². The molecule has 2 aromatic carbocycles. The molecule has 0 N–H and O–H groups in total. The van der Waals surface area contributed by atoms with Gasteiger partial charge in [-0.05, 0) is 61.2 Å². The summed E-state index contributed by atoms with van der Waals surface area (Å²) in [5.74, 6) is 1.43. The molecule has 5 rings (SSSR count). The fourth-order valence-corrected chi connectivity index (χ4v) is 4.85. The molecule has 1 aromatic heterocycles. The van der Waals surface area contributed by atoms with Crippen LogP contribution in [0.3, 0.4) is 0 Å². The molecule has 166 valence electrons. The molecule has 0 atom stereocenters. The second-order valence-electron chi connectivity index (χ2n) is 8.85. The highest BCUT2D eigenvalue weighted by molar-refractivity contribution is 5.95. The molecule has 0 saturated heterocycles. The van der Waals surface area contributed by atoms with E-state index in [1.165, 1.54) is 30.4 Å². The van der Waals surface area contributed by atoms with Gasteiger partial charge in [-0.25, -0.2) is 0 Å². The van der Waals surface area contributed by atoms with E-state index in [1.807, 2.05) is 18.2 Å². The third-order valence-corrected chi connectivity index (χ3v) is 6.75. The van der Waals surface area contributed by atoms with Crippen LogP contribution in [-0.4, -0.2) is 28.2 Å². The Labute approximate surface area is 189 Å². The molecule has 5 nitrogen and oxygen atoms in total. The number of aryl methyl sites for hydroxylation is 1. The van der Waals surface area contributed by atoms with Crippen molar-refractivity contribution in [3.8, 4) is 11.5 Å². The van der Waals surface area contributed by atoms with Crippen LogP contribution in [0.1, 0.15) is 59.3 Å². The molecule has 1 fully saturated rings. The quantitative estimate of drug-likeness (QED) is 0.515. The normalized spacial score (nSPS) is 15.7. The summed E-state index contributed by atoms with van der Waals surface area (Å²) >= 11 is 0. The number of hydrogen-bond donors (Lipinski definition) is 0. The Morgan fingerprint density at radius 2 is 1.81 bits per heavy atom. The number of amides is 1. The summed E-state index contributed by atoms with van der Waals surface area (Å²) in [5, 5.41) is 0. The topological polar surface area (TPSA) is 43.7 Å². The predicted molar refractivity (Wildman–Crippen MR) is 124 cm³/mol. The van der Waals surface area contributed by atoms with Gasteiger partial charge >= 0.3 is 0 Å². The summed E-state index contributed by atoms with van der Waals surface area (Å²) in [6.45, 7) is 3.78. The molecule has 0 bridgehead atoms. The Morgan fingerprint density at radius 3 is 2.66 bits per heavy atom. The fourth-order valence-electron chi connectivity index (χ4n) is 4.85. The van der Waals surface area contributed by atoms with Crippen molar-refractivity contribution in [1.82, 2.24) is 9.47 Å². The van der Waals surface area contributed by atoms with Gasteiger partial charge in [0.25, 0.3) is 5.91 Å². The van der Waals surface area contributed by atoms with E-state index < -0.39 is 0 Å². The van der Waals surface area contributed by atoms with Gasteiger partial charge in [0.2, 0.25) is 6.79 Å². The standard InChI is InChI=1S/C27H30N2O3/c1-20-8-5-6-9-22(20)17-28-15-7-12-24(28)18-29(23-10-3-2-4-11-23)27(30)21-13-14-25-26(16-21)32-19-31-25/h5-9,12-16,23H,2-4,10-11,17-19H2,1H3. The number of carbonyl (C=O) groups excluding carboxylic acids is 1. The lowest BCUT2D eigenvalue weighted by Crippen LogP contribution is -2.41. The van der Waals surface area contributed by atoms with Gasteiger partial charge in [-0.2, -0.15) is 0 Å². The molecule has 2 aliphatic rings. The summed E-state index contributed by atoms with van der Waals surface area (Å²) in [5.41, 5.74) is 4.41. The Hall–Kier alpha value is -3.21. The van der Waals surface area contributed by atoms with Crippen LogP contribution in [0, 0.1) is 6.92 Å². The number of fused-ring (bicyclic) bond motifs is 1. The minimum absolute atomic E-state index is 0.0684. The molecular weight excluding hydrogens is 400 g/mol. The number of carbonyl (C=O) groups is 1. The maximum atomic E-state index is 13.7. The second-order valence-corrected chi connectivity index (χ2v) is 8.85. The van der Waals surface area contributed by atoms with Crippen LogP contribution in [0.4, 0.5) is 0 Å². The zero-order valence-corrected chi connectivity index (χ0v) is 18.6. The molecular formula is C27H30N2O3.